The third-order valence-electron chi connectivity index (χ3n) is 3.00. The Kier molecular flexibility index (Phi) is 4.95. The molecule has 0 aliphatic carbocycles. The molecular formula is C15H11FO6S2. The van der Waals surface area contributed by atoms with E-state index in [4.69, 9.17) is 5.11 Å². The summed E-state index contributed by atoms with van der Waals surface area (Å²) in [5.74, 6) is -3.43. The van der Waals surface area contributed by atoms with Crippen LogP contribution in [0.4, 0.5) is 4.39 Å². The van der Waals surface area contributed by atoms with E-state index in [-0.39, 0.29) is 25.8 Å². The molecule has 0 aliphatic heterocycles. The summed E-state index contributed by atoms with van der Waals surface area (Å²) in [6, 6.07) is 6.48. The van der Waals surface area contributed by atoms with Crippen LogP contribution in [0.5, 0.6) is 0 Å². The first-order valence-electron chi connectivity index (χ1n) is 6.37. The van der Waals surface area contributed by atoms with E-state index in [0.29, 0.717) is 0 Å². The lowest BCUT2D eigenvalue weighted by molar-refractivity contribution is 0.0683. The third-order valence-corrected chi connectivity index (χ3v) is 5.25. The molecule has 0 unspecified atom stereocenters. The fraction of sp³-hybridized carbons (Fsp3) is 0.0667. The topological polar surface area (TPSA) is 109 Å². The molecule has 0 bridgehead atoms. The highest BCUT2D eigenvalue weighted by Crippen LogP contribution is 2.34. The minimum atomic E-state index is -3.58. The Labute approximate surface area is 140 Å². The summed E-state index contributed by atoms with van der Waals surface area (Å²) < 4.78 is 36.5. The van der Waals surface area contributed by atoms with Crippen molar-refractivity contribution in [1.29, 1.82) is 0 Å². The van der Waals surface area contributed by atoms with Gasteiger partial charge in [-0.25, -0.2) is 22.4 Å². The van der Waals surface area contributed by atoms with Crippen molar-refractivity contribution >= 4 is 33.5 Å². The molecule has 0 radical (unpaired) electrons. The van der Waals surface area contributed by atoms with E-state index in [2.05, 4.69) is 0 Å². The number of hydrogen-bond acceptors (Lipinski definition) is 5. The third kappa shape index (κ3) is 3.92. The first kappa shape index (κ1) is 18.0. The van der Waals surface area contributed by atoms with Gasteiger partial charge in [0.25, 0.3) is 0 Å². The SMILES string of the molecule is CS(=O)(=O)c1ccc(C(=O)O)c(Sc2ccc(F)cc2C(=O)O)c1. The molecule has 0 heterocycles. The monoisotopic (exact) mass is 370 g/mol. The van der Waals surface area contributed by atoms with E-state index in [1.54, 1.807) is 0 Å². The van der Waals surface area contributed by atoms with Gasteiger partial charge in [0.1, 0.15) is 5.82 Å². The molecule has 0 fully saturated rings. The first-order chi connectivity index (χ1) is 11.1. The van der Waals surface area contributed by atoms with Gasteiger partial charge in [-0.3, -0.25) is 0 Å². The molecule has 6 nitrogen and oxygen atoms in total. The maximum atomic E-state index is 13.2. The van der Waals surface area contributed by atoms with E-state index < -0.39 is 27.6 Å². The van der Waals surface area contributed by atoms with Crippen molar-refractivity contribution in [3.63, 3.8) is 0 Å². The summed E-state index contributed by atoms with van der Waals surface area (Å²) in [4.78, 5) is 22.6. The second kappa shape index (κ2) is 6.62. The molecule has 2 N–H and O–H groups in total. The molecule has 126 valence electrons. The first-order valence-corrected chi connectivity index (χ1v) is 9.08. The average molecular weight is 370 g/mol. The molecule has 0 saturated carbocycles. The lowest BCUT2D eigenvalue weighted by Gasteiger charge is -2.10. The standard InChI is InChI=1S/C15H11FO6S2/c1-24(21,22)9-3-4-10(14(17)18)13(7-9)23-12-5-2-8(16)6-11(12)15(19)20/h2-7H,1H3,(H,17,18)(H,19,20). The molecule has 0 aliphatic rings. The Morgan fingerprint density at radius 2 is 1.58 bits per heavy atom. The Hall–Kier alpha value is -2.39. The molecule has 0 aromatic heterocycles. The Morgan fingerprint density at radius 3 is 2.12 bits per heavy atom. The van der Waals surface area contributed by atoms with Crippen LogP contribution in [0.25, 0.3) is 0 Å². The van der Waals surface area contributed by atoms with Crippen molar-refractivity contribution in [2.75, 3.05) is 6.26 Å². The average Bonchev–Trinajstić information content (AvgIpc) is 2.47. The van der Waals surface area contributed by atoms with Crippen molar-refractivity contribution in [2.24, 2.45) is 0 Å². The molecular weight excluding hydrogens is 359 g/mol. The minimum Gasteiger partial charge on any atom is -0.478 e. The maximum Gasteiger partial charge on any atom is 0.336 e. The van der Waals surface area contributed by atoms with Crippen LogP contribution in [0.3, 0.4) is 0 Å². The molecule has 9 heteroatoms. The van der Waals surface area contributed by atoms with Crippen LogP contribution in [0.2, 0.25) is 0 Å². The number of carbonyl (C=O) groups is 2. The van der Waals surface area contributed by atoms with E-state index in [1.807, 2.05) is 0 Å². The molecule has 24 heavy (non-hydrogen) atoms. The lowest BCUT2D eigenvalue weighted by Crippen LogP contribution is -2.04. The van der Waals surface area contributed by atoms with E-state index in [0.717, 1.165) is 48.3 Å². The number of aromatic carboxylic acids is 2. The maximum absolute atomic E-state index is 13.2. The van der Waals surface area contributed by atoms with Crippen molar-refractivity contribution in [1.82, 2.24) is 0 Å². The lowest BCUT2D eigenvalue weighted by atomic mass is 10.2. The highest BCUT2D eigenvalue weighted by Gasteiger charge is 2.19. The molecule has 0 spiro atoms. The molecule has 0 saturated heterocycles. The van der Waals surface area contributed by atoms with Gasteiger partial charge in [0.05, 0.1) is 16.0 Å². The molecule has 0 atom stereocenters. The Bertz CT molecular complexity index is 937. The summed E-state index contributed by atoms with van der Waals surface area (Å²) >= 11 is 0.744. The summed E-state index contributed by atoms with van der Waals surface area (Å²) in [5.41, 5.74) is -0.533. The van der Waals surface area contributed by atoms with Gasteiger partial charge in [-0.05, 0) is 36.4 Å². The number of benzene rings is 2. The largest absolute Gasteiger partial charge is 0.478 e. The number of halogens is 1. The van der Waals surface area contributed by atoms with Gasteiger partial charge in [-0.15, -0.1) is 0 Å². The number of rotatable bonds is 5. The predicted octanol–water partition coefficient (Wildman–Crippen LogP) is 2.78. The number of hydrogen-bond donors (Lipinski definition) is 2. The zero-order chi connectivity index (χ0) is 18.1. The Morgan fingerprint density at radius 1 is 0.958 bits per heavy atom. The molecule has 2 rings (SSSR count). The van der Waals surface area contributed by atoms with Crippen LogP contribution < -0.4 is 0 Å². The molecule has 2 aromatic rings. The smallest absolute Gasteiger partial charge is 0.336 e. The van der Waals surface area contributed by atoms with E-state index >= 15 is 0 Å². The molecule has 0 amide bonds. The fourth-order valence-corrected chi connectivity index (χ4v) is 3.67. The number of sulfone groups is 1. The summed E-state index contributed by atoms with van der Waals surface area (Å²) in [7, 11) is -3.58. The fourth-order valence-electron chi connectivity index (χ4n) is 1.87. The highest BCUT2D eigenvalue weighted by atomic mass is 32.2. The second-order valence-corrected chi connectivity index (χ2v) is 7.88. The predicted molar refractivity (Wildman–Crippen MR) is 84.0 cm³/mol. The van der Waals surface area contributed by atoms with Gasteiger partial charge in [-0.2, -0.15) is 0 Å². The van der Waals surface area contributed by atoms with Gasteiger partial charge in [0.2, 0.25) is 0 Å². The van der Waals surface area contributed by atoms with Gasteiger partial charge in [0, 0.05) is 16.0 Å². The van der Waals surface area contributed by atoms with Crippen molar-refractivity contribution in [2.45, 2.75) is 14.7 Å². The second-order valence-electron chi connectivity index (χ2n) is 4.78. The zero-order valence-corrected chi connectivity index (χ0v) is 13.8. The summed E-state index contributed by atoms with van der Waals surface area (Å²) in [6.07, 6.45) is 0.970. The van der Waals surface area contributed by atoms with Crippen molar-refractivity contribution in [3.8, 4) is 0 Å². The van der Waals surface area contributed by atoms with E-state index in [1.165, 1.54) is 6.07 Å². The quantitative estimate of drug-likeness (QED) is 0.833. The van der Waals surface area contributed by atoms with Crippen LogP contribution in [0.15, 0.2) is 51.1 Å². The summed E-state index contributed by atoms with van der Waals surface area (Å²) in [5, 5.41) is 18.4. The minimum absolute atomic E-state index is 0.0412. The van der Waals surface area contributed by atoms with Crippen LogP contribution in [0.1, 0.15) is 20.7 Å². The van der Waals surface area contributed by atoms with Crippen LogP contribution in [0, 0.1) is 5.82 Å². The van der Waals surface area contributed by atoms with Crippen LogP contribution in [-0.2, 0) is 9.84 Å². The van der Waals surface area contributed by atoms with Gasteiger partial charge in [-0.1, -0.05) is 11.8 Å². The molecule has 2 aromatic carbocycles. The number of carboxylic acid groups (broad SMARTS) is 2. The van der Waals surface area contributed by atoms with Gasteiger partial charge >= 0.3 is 11.9 Å². The summed E-state index contributed by atoms with van der Waals surface area (Å²) in [6.45, 7) is 0. The number of carboxylic acids is 2. The zero-order valence-electron chi connectivity index (χ0n) is 12.2. The van der Waals surface area contributed by atoms with Crippen molar-refractivity contribution < 1.29 is 32.6 Å². The van der Waals surface area contributed by atoms with Gasteiger partial charge < -0.3 is 10.2 Å². The highest BCUT2D eigenvalue weighted by molar-refractivity contribution is 7.99. The van der Waals surface area contributed by atoms with Gasteiger partial charge in [0.15, 0.2) is 9.84 Å². The van der Waals surface area contributed by atoms with Crippen molar-refractivity contribution in [3.05, 3.63) is 53.3 Å². The Balaban J connectivity index is 2.60. The van der Waals surface area contributed by atoms with Crippen LogP contribution >= 0.6 is 11.8 Å². The van der Waals surface area contributed by atoms with Crippen LogP contribution in [-0.4, -0.2) is 36.8 Å². The normalized spacial score (nSPS) is 11.2. The van der Waals surface area contributed by atoms with E-state index in [9.17, 15) is 27.5 Å².